The Hall–Kier alpha value is -2.83. The highest BCUT2D eigenvalue weighted by Crippen LogP contribution is 2.20. The zero-order valence-corrected chi connectivity index (χ0v) is 17.0. The second-order valence-electron chi connectivity index (χ2n) is 7.12. The Bertz CT molecular complexity index is 967. The molecule has 2 amide bonds. The molecule has 0 saturated carbocycles. The van der Waals surface area contributed by atoms with Gasteiger partial charge in [-0.1, -0.05) is 30.3 Å². The van der Waals surface area contributed by atoms with Crippen molar-refractivity contribution < 1.29 is 14.0 Å². The van der Waals surface area contributed by atoms with E-state index in [0.29, 0.717) is 17.7 Å². The SMILES string of the molecule is C[C@H]1CNCCN1C(=O)Cc1ccc(NC(=O)c2cc3ccccc3o2)cc1.Cl. The molecule has 1 atom stereocenters. The molecule has 0 aliphatic carbocycles. The minimum Gasteiger partial charge on any atom is -0.451 e. The Morgan fingerprint density at radius 1 is 1.17 bits per heavy atom. The van der Waals surface area contributed by atoms with Crippen LogP contribution in [0, 0.1) is 0 Å². The number of carbonyl (C=O) groups is 2. The largest absolute Gasteiger partial charge is 0.451 e. The van der Waals surface area contributed by atoms with Gasteiger partial charge < -0.3 is 20.0 Å². The fourth-order valence-corrected chi connectivity index (χ4v) is 3.48. The number of nitrogens with zero attached hydrogens (tertiary/aromatic N) is 1. The molecule has 1 aliphatic heterocycles. The minimum atomic E-state index is -0.297. The monoisotopic (exact) mass is 413 g/mol. The number of hydrogen-bond donors (Lipinski definition) is 2. The normalized spacial score (nSPS) is 16.3. The van der Waals surface area contributed by atoms with Gasteiger partial charge >= 0.3 is 0 Å². The average Bonchev–Trinajstić information content (AvgIpc) is 3.14. The predicted octanol–water partition coefficient (Wildman–Crippen LogP) is 3.47. The van der Waals surface area contributed by atoms with Crippen molar-refractivity contribution in [3.63, 3.8) is 0 Å². The number of rotatable bonds is 4. The van der Waals surface area contributed by atoms with Gasteiger partial charge in [0.1, 0.15) is 5.58 Å². The van der Waals surface area contributed by atoms with E-state index in [2.05, 4.69) is 17.6 Å². The quantitative estimate of drug-likeness (QED) is 0.686. The second-order valence-corrected chi connectivity index (χ2v) is 7.12. The Kier molecular flexibility index (Phi) is 6.56. The van der Waals surface area contributed by atoms with Crippen molar-refractivity contribution in [1.29, 1.82) is 0 Å². The van der Waals surface area contributed by atoms with Gasteiger partial charge in [-0.15, -0.1) is 12.4 Å². The summed E-state index contributed by atoms with van der Waals surface area (Å²) in [5.74, 6) is 0.107. The molecule has 6 nitrogen and oxygen atoms in total. The number of anilines is 1. The first-order chi connectivity index (χ1) is 13.6. The van der Waals surface area contributed by atoms with Gasteiger partial charge in [0.2, 0.25) is 5.91 Å². The topological polar surface area (TPSA) is 74.6 Å². The number of carbonyl (C=O) groups excluding carboxylic acids is 2. The van der Waals surface area contributed by atoms with Gasteiger partial charge in [0.15, 0.2) is 5.76 Å². The van der Waals surface area contributed by atoms with Crippen LogP contribution in [-0.2, 0) is 11.2 Å². The Labute approximate surface area is 175 Å². The number of furan rings is 1. The van der Waals surface area contributed by atoms with Crippen LogP contribution < -0.4 is 10.6 Å². The molecule has 2 N–H and O–H groups in total. The van der Waals surface area contributed by atoms with Gasteiger partial charge in [-0.05, 0) is 36.8 Å². The van der Waals surface area contributed by atoms with E-state index >= 15 is 0 Å². The van der Waals surface area contributed by atoms with Crippen LogP contribution in [0.3, 0.4) is 0 Å². The highest BCUT2D eigenvalue weighted by Gasteiger charge is 2.22. The number of nitrogens with one attached hydrogen (secondary N) is 2. The lowest BCUT2D eigenvalue weighted by atomic mass is 10.1. The first kappa shape index (κ1) is 20.9. The lowest BCUT2D eigenvalue weighted by molar-refractivity contribution is -0.133. The molecular formula is C22H24ClN3O3. The summed E-state index contributed by atoms with van der Waals surface area (Å²) in [6.07, 6.45) is 0.363. The molecular weight excluding hydrogens is 390 g/mol. The molecule has 1 fully saturated rings. The van der Waals surface area contributed by atoms with Crippen molar-refractivity contribution >= 4 is 40.9 Å². The predicted molar refractivity (Wildman–Crippen MR) is 116 cm³/mol. The number of hydrogen-bond acceptors (Lipinski definition) is 4. The molecule has 1 saturated heterocycles. The molecule has 0 radical (unpaired) electrons. The number of fused-ring (bicyclic) bond motifs is 1. The van der Waals surface area contributed by atoms with Gasteiger partial charge in [0, 0.05) is 36.7 Å². The molecule has 1 aromatic heterocycles. The van der Waals surface area contributed by atoms with E-state index < -0.39 is 0 Å². The van der Waals surface area contributed by atoms with E-state index in [4.69, 9.17) is 4.42 Å². The first-order valence-corrected chi connectivity index (χ1v) is 9.49. The molecule has 0 unspecified atom stereocenters. The molecule has 152 valence electrons. The van der Waals surface area contributed by atoms with Crippen molar-refractivity contribution in [3.05, 3.63) is 65.9 Å². The molecule has 7 heteroatoms. The molecule has 29 heavy (non-hydrogen) atoms. The highest BCUT2D eigenvalue weighted by atomic mass is 35.5. The third-order valence-corrected chi connectivity index (χ3v) is 5.04. The fourth-order valence-electron chi connectivity index (χ4n) is 3.48. The van der Waals surface area contributed by atoms with Gasteiger partial charge in [-0.3, -0.25) is 9.59 Å². The van der Waals surface area contributed by atoms with Crippen LogP contribution in [0.25, 0.3) is 11.0 Å². The number of piperazine rings is 1. The van der Waals surface area contributed by atoms with E-state index in [1.165, 1.54) is 0 Å². The summed E-state index contributed by atoms with van der Waals surface area (Å²) in [4.78, 5) is 26.9. The summed E-state index contributed by atoms with van der Waals surface area (Å²) < 4.78 is 5.59. The smallest absolute Gasteiger partial charge is 0.291 e. The lowest BCUT2D eigenvalue weighted by Gasteiger charge is -2.34. The van der Waals surface area contributed by atoms with E-state index in [-0.39, 0.29) is 36.0 Å². The van der Waals surface area contributed by atoms with Crippen LogP contribution in [0.1, 0.15) is 23.0 Å². The Morgan fingerprint density at radius 3 is 2.66 bits per heavy atom. The molecule has 2 heterocycles. The number of para-hydroxylation sites is 1. The zero-order chi connectivity index (χ0) is 19.5. The van der Waals surface area contributed by atoms with Gasteiger partial charge in [0.05, 0.1) is 6.42 Å². The summed E-state index contributed by atoms with van der Waals surface area (Å²) in [5.41, 5.74) is 2.28. The number of benzene rings is 2. The third-order valence-electron chi connectivity index (χ3n) is 5.04. The molecule has 0 spiro atoms. The summed E-state index contributed by atoms with van der Waals surface area (Å²) in [6, 6.07) is 16.8. The Balaban J connectivity index is 0.00000240. The maximum atomic E-state index is 12.5. The van der Waals surface area contributed by atoms with Crippen LogP contribution in [0.15, 0.2) is 59.0 Å². The van der Waals surface area contributed by atoms with Crippen molar-refractivity contribution in [1.82, 2.24) is 10.2 Å². The van der Waals surface area contributed by atoms with E-state index in [0.717, 1.165) is 30.6 Å². The highest BCUT2D eigenvalue weighted by molar-refractivity contribution is 6.04. The molecule has 3 aromatic rings. The molecule has 1 aliphatic rings. The van der Waals surface area contributed by atoms with E-state index in [1.54, 1.807) is 6.07 Å². The first-order valence-electron chi connectivity index (χ1n) is 9.49. The standard InChI is InChI=1S/C22H23N3O3.ClH/c1-15-14-23-10-11-25(15)21(26)12-16-6-8-18(9-7-16)24-22(27)20-13-17-4-2-3-5-19(17)28-20;/h2-9,13,15,23H,10-12,14H2,1H3,(H,24,27);1H/t15-;/m0./s1. The molecule has 4 rings (SSSR count). The van der Waals surface area contributed by atoms with Crippen molar-refractivity contribution in [3.8, 4) is 0 Å². The minimum absolute atomic E-state index is 0. The summed E-state index contributed by atoms with van der Waals surface area (Å²) in [7, 11) is 0. The maximum Gasteiger partial charge on any atom is 0.291 e. The second kappa shape index (κ2) is 9.11. The number of amides is 2. The molecule has 2 aromatic carbocycles. The van der Waals surface area contributed by atoms with Crippen LogP contribution in [0.2, 0.25) is 0 Å². The fraction of sp³-hybridized carbons (Fsp3) is 0.273. The van der Waals surface area contributed by atoms with Crippen molar-refractivity contribution in [2.24, 2.45) is 0 Å². The van der Waals surface area contributed by atoms with Crippen LogP contribution >= 0.6 is 12.4 Å². The molecule has 0 bridgehead atoms. The van der Waals surface area contributed by atoms with Crippen molar-refractivity contribution in [2.75, 3.05) is 25.0 Å². The van der Waals surface area contributed by atoms with Gasteiger partial charge in [0.25, 0.3) is 5.91 Å². The third kappa shape index (κ3) is 4.78. The van der Waals surface area contributed by atoms with Crippen LogP contribution in [0.5, 0.6) is 0 Å². The summed E-state index contributed by atoms with van der Waals surface area (Å²) >= 11 is 0. The van der Waals surface area contributed by atoms with Crippen LogP contribution in [0.4, 0.5) is 5.69 Å². The number of halogens is 1. The lowest BCUT2D eigenvalue weighted by Crippen LogP contribution is -2.52. The zero-order valence-electron chi connectivity index (χ0n) is 16.2. The summed E-state index contributed by atoms with van der Waals surface area (Å²) in [6.45, 7) is 4.47. The van der Waals surface area contributed by atoms with E-state index in [1.807, 2.05) is 53.4 Å². The van der Waals surface area contributed by atoms with Crippen molar-refractivity contribution in [2.45, 2.75) is 19.4 Å². The van der Waals surface area contributed by atoms with Crippen LogP contribution in [-0.4, -0.2) is 42.4 Å². The van der Waals surface area contributed by atoms with Gasteiger partial charge in [-0.25, -0.2) is 0 Å². The van der Waals surface area contributed by atoms with Gasteiger partial charge in [-0.2, -0.15) is 0 Å². The van der Waals surface area contributed by atoms with E-state index in [9.17, 15) is 9.59 Å². The summed E-state index contributed by atoms with van der Waals surface area (Å²) in [5, 5.41) is 7.02. The average molecular weight is 414 g/mol. The Morgan fingerprint density at radius 2 is 1.93 bits per heavy atom. The maximum absolute atomic E-state index is 12.5.